The van der Waals surface area contributed by atoms with Gasteiger partial charge in [-0.05, 0) is 32.0 Å². The monoisotopic (exact) mass is 374 g/mol. The molecular weight excluding hydrogens is 348 g/mol. The average molecular weight is 375 g/mol. The minimum Gasteiger partial charge on any atom is -0.369 e. The highest BCUT2D eigenvalue weighted by atomic mass is 32.1. The summed E-state index contributed by atoms with van der Waals surface area (Å²) in [6, 6.07) is 3.41. The van der Waals surface area contributed by atoms with E-state index < -0.39 is 0 Å². The van der Waals surface area contributed by atoms with E-state index >= 15 is 0 Å². The molecule has 0 aromatic carbocycles. The number of likely N-dealkylation sites (tertiary alicyclic amines) is 1. The molecule has 6 nitrogen and oxygen atoms in total. The van der Waals surface area contributed by atoms with Gasteiger partial charge in [0, 0.05) is 48.1 Å². The molecule has 1 aliphatic heterocycles. The van der Waals surface area contributed by atoms with E-state index in [1.165, 1.54) is 0 Å². The summed E-state index contributed by atoms with van der Waals surface area (Å²) in [5, 5.41) is 2.94. The summed E-state index contributed by atoms with van der Waals surface area (Å²) in [7, 11) is 2.06. The lowest BCUT2D eigenvalue weighted by Gasteiger charge is -2.33. The third-order valence-corrected chi connectivity index (χ3v) is 5.84. The Morgan fingerprint density at radius 1 is 1.42 bits per heavy atom. The topological polar surface area (TPSA) is 81.2 Å². The minimum absolute atomic E-state index is 0.000556. The highest BCUT2D eigenvalue weighted by molar-refractivity contribution is 7.10. The van der Waals surface area contributed by atoms with Crippen molar-refractivity contribution >= 4 is 17.2 Å². The number of likely N-dealkylation sites (N-methyl/N-ethyl adjacent to an activating group) is 1. The molecule has 3 heterocycles. The maximum Gasteiger partial charge on any atom is 0.250 e. The van der Waals surface area contributed by atoms with Crippen molar-refractivity contribution in [1.29, 1.82) is 0 Å². The second-order valence-corrected chi connectivity index (χ2v) is 8.43. The van der Waals surface area contributed by atoms with Crippen molar-refractivity contribution in [2.75, 3.05) is 20.1 Å². The SMILES string of the molecule is CC(C)Cn1cc(-c2csc(C3CN(C)CCC3C(N)=O)n2)ccc1=O. The van der Waals surface area contributed by atoms with Crippen LogP contribution in [-0.2, 0) is 11.3 Å². The highest BCUT2D eigenvalue weighted by Gasteiger charge is 2.34. The van der Waals surface area contributed by atoms with E-state index in [1.807, 2.05) is 17.6 Å². The molecule has 0 saturated carbocycles. The Balaban J connectivity index is 1.89. The molecule has 1 aliphatic rings. The number of rotatable bonds is 5. The van der Waals surface area contributed by atoms with Crippen molar-refractivity contribution in [2.24, 2.45) is 17.6 Å². The molecule has 2 N–H and O–H groups in total. The van der Waals surface area contributed by atoms with Gasteiger partial charge in [-0.2, -0.15) is 0 Å². The van der Waals surface area contributed by atoms with Crippen LogP contribution in [0.4, 0.5) is 0 Å². The van der Waals surface area contributed by atoms with Gasteiger partial charge in [0.15, 0.2) is 0 Å². The molecule has 0 aliphatic carbocycles. The van der Waals surface area contributed by atoms with Crippen LogP contribution in [0.25, 0.3) is 11.3 Å². The minimum atomic E-state index is -0.245. The normalized spacial score (nSPS) is 21.2. The first-order valence-corrected chi connectivity index (χ1v) is 9.87. The van der Waals surface area contributed by atoms with Gasteiger partial charge in [0.25, 0.3) is 5.56 Å². The quantitative estimate of drug-likeness (QED) is 0.869. The molecule has 1 amide bonds. The summed E-state index contributed by atoms with van der Waals surface area (Å²) < 4.78 is 1.74. The van der Waals surface area contributed by atoms with Crippen LogP contribution in [0.3, 0.4) is 0 Å². The molecular formula is C19H26N4O2S. The van der Waals surface area contributed by atoms with E-state index in [0.717, 1.165) is 35.8 Å². The molecule has 2 aromatic heterocycles. The fraction of sp³-hybridized carbons (Fsp3) is 0.526. The van der Waals surface area contributed by atoms with E-state index in [4.69, 9.17) is 10.7 Å². The molecule has 0 radical (unpaired) electrons. The van der Waals surface area contributed by atoms with Crippen LogP contribution in [-0.4, -0.2) is 40.5 Å². The fourth-order valence-electron chi connectivity index (χ4n) is 3.52. The van der Waals surface area contributed by atoms with Gasteiger partial charge in [-0.1, -0.05) is 13.8 Å². The number of hydrogen-bond donors (Lipinski definition) is 1. The van der Waals surface area contributed by atoms with Crippen molar-refractivity contribution in [1.82, 2.24) is 14.5 Å². The summed E-state index contributed by atoms with van der Waals surface area (Å²) in [5.41, 5.74) is 7.39. The fourth-order valence-corrected chi connectivity index (χ4v) is 4.50. The van der Waals surface area contributed by atoms with E-state index in [1.54, 1.807) is 22.0 Å². The number of carbonyl (C=O) groups is 1. The Morgan fingerprint density at radius 2 is 2.19 bits per heavy atom. The second-order valence-electron chi connectivity index (χ2n) is 7.54. The molecule has 1 fully saturated rings. The third-order valence-electron chi connectivity index (χ3n) is 4.86. The smallest absolute Gasteiger partial charge is 0.250 e. The largest absolute Gasteiger partial charge is 0.369 e. The first-order valence-electron chi connectivity index (χ1n) is 8.99. The van der Waals surface area contributed by atoms with Crippen LogP contribution in [0.2, 0.25) is 0 Å². The Labute approximate surface area is 157 Å². The predicted octanol–water partition coefficient (Wildman–Crippen LogP) is 2.15. The van der Waals surface area contributed by atoms with Gasteiger partial charge in [0.1, 0.15) is 0 Å². The second kappa shape index (κ2) is 7.72. The molecule has 2 unspecified atom stereocenters. The van der Waals surface area contributed by atoms with Crippen LogP contribution in [0.15, 0.2) is 28.5 Å². The van der Waals surface area contributed by atoms with Crippen molar-refractivity contribution < 1.29 is 4.79 Å². The lowest BCUT2D eigenvalue weighted by molar-refractivity contribution is -0.123. The number of nitrogens with two attached hydrogens (primary N) is 1. The highest BCUT2D eigenvalue weighted by Crippen LogP contribution is 2.35. The Hall–Kier alpha value is -1.99. The molecule has 7 heteroatoms. The first-order chi connectivity index (χ1) is 12.3. The van der Waals surface area contributed by atoms with Crippen molar-refractivity contribution in [3.05, 3.63) is 39.1 Å². The van der Waals surface area contributed by atoms with Crippen LogP contribution in [0.5, 0.6) is 0 Å². The van der Waals surface area contributed by atoms with Gasteiger partial charge >= 0.3 is 0 Å². The molecule has 2 atom stereocenters. The Bertz CT molecular complexity index is 842. The Morgan fingerprint density at radius 3 is 2.88 bits per heavy atom. The Kier molecular flexibility index (Phi) is 5.58. The van der Waals surface area contributed by atoms with Crippen LogP contribution < -0.4 is 11.3 Å². The number of hydrogen-bond acceptors (Lipinski definition) is 5. The predicted molar refractivity (Wildman–Crippen MR) is 104 cm³/mol. The maximum atomic E-state index is 12.0. The number of nitrogens with zero attached hydrogens (tertiary/aromatic N) is 3. The first kappa shape index (κ1) is 18.8. The van der Waals surface area contributed by atoms with Crippen molar-refractivity contribution in [3.8, 4) is 11.3 Å². The van der Waals surface area contributed by atoms with Crippen LogP contribution in [0, 0.1) is 11.8 Å². The van der Waals surface area contributed by atoms with Gasteiger partial charge in [0.05, 0.1) is 10.7 Å². The van der Waals surface area contributed by atoms with E-state index in [0.29, 0.717) is 12.5 Å². The van der Waals surface area contributed by atoms with E-state index in [2.05, 4.69) is 25.8 Å². The number of primary amides is 1. The number of carbonyl (C=O) groups excluding carboxylic acids is 1. The molecule has 1 saturated heterocycles. The van der Waals surface area contributed by atoms with E-state index in [-0.39, 0.29) is 23.3 Å². The van der Waals surface area contributed by atoms with Crippen molar-refractivity contribution in [2.45, 2.75) is 32.7 Å². The molecule has 0 bridgehead atoms. The summed E-state index contributed by atoms with van der Waals surface area (Å²) in [4.78, 5) is 30.9. The average Bonchev–Trinajstić information content (AvgIpc) is 3.06. The van der Waals surface area contributed by atoms with Gasteiger partial charge in [-0.15, -0.1) is 11.3 Å². The van der Waals surface area contributed by atoms with E-state index in [9.17, 15) is 9.59 Å². The number of amides is 1. The summed E-state index contributed by atoms with van der Waals surface area (Å²) in [5.74, 6) is 0.0139. The third kappa shape index (κ3) is 4.04. The lowest BCUT2D eigenvalue weighted by Crippen LogP contribution is -2.42. The number of pyridine rings is 1. The molecule has 3 rings (SSSR count). The summed E-state index contributed by atoms with van der Waals surface area (Å²) >= 11 is 1.57. The zero-order valence-corrected chi connectivity index (χ0v) is 16.3. The maximum absolute atomic E-state index is 12.0. The standard InChI is InChI=1S/C19H26N4O2S/c1-12(2)8-23-9-13(4-5-17(23)24)16-11-26-19(21-16)15-10-22(3)7-6-14(15)18(20)25/h4-5,9,11-12,14-15H,6-8,10H2,1-3H3,(H2,20,25). The zero-order valence-electron chi connectivity index (χ0n) is 15.5. The lowest BCUT2D eigenvalue weighted by atomic mass is 9.85. The number of thiazole rings is 1. The van der Waals surface area contributed by atoms with Gasteiger partial charge in [-0.3, -0.25) is 9.59 Å². The van der Waals surface area contributed by atoms with Gasteiger partial charge in [-0.25, -0.2) is 4.98 Å². The summed E-state index contributed by atoms with van der Waals surface area (Å²) in [6.45, 7) is 6.52. The number of piperidine rings is 1. The van der Waals surface area contributed by atoms with Crippen LogP contribution >= 0.6 is 11.3 Å². The van der Waals surface area contributed by atoms with Crippen molar-refractivity contribution in [3.63, 3.8) is 0 Å². The van der Waals surface area contributed by atoms with Gasteiger partial charge in [0.2, 0.25) is 5.91 Å². The number of aromatic nitrogens is 2. The zero-order chi connectivity index (χ0) is 18.8. The molecule has 26 heavy (non-hydrogen) atoms. The molecule has 0 spiro atoms. The summed E-state index contributed by atoms with van der Waals surface area (Å²) in [6.07, 6.45) is 2.64. The van der Waals surface area contributed by atoms with Crippen LogP contribution in [0.1, 0.15) is 31.2 Å². The molecule has 2 aromatic rings. The van der Waals surface area contributed by atoms with Gasteiger partial charge < -0.3 is 15.2 Å². The molecule has 140 valence electrons.